The highest BCUT2D eigenvalue weighted by Gasteiger charge is 2.27. The molecule has 0 aliphatic carbocycles. The monoisotopic (exact) mass is 408 g/mol. The molecule has 0 bridgehead atoms. The molecule has 1 aromatic carbocycles. The van der Waals surface area contributed by atoms with Gasteiger partial charge in [-0.15, -0.1) is 0 Å². The van der Waals surface area contributed by atoms with Gasteiger partial charge in [0.1, 0.15) is 5.82 Å². The third-order valence-corrected chi connectivity index (χ3v) is 7.01. The van der Waals surface area contributed by atoms with E-state index in [1.54, 1.807) is 10.5 Å². The highest BCUT2D eigenvalue weighted by molar-refractivity contribution is 7.89. The summed E-state index contributed by atoms with van der Waals surface area (Å²) in [4.78, 5) is 8.15. The molecule has 0 radical (unpaired) electrons. The van der Waals surface area contributed by atoms with Crippen LogP contribution < -0.4 is 5.32 Å². The molecule has 2 heterocycles. The number of piperidine rings is 1. The predicted molar refractivity (Wildman–Crippen MR) is 108 cm³/mol. The van der Waals surface area contributed by atoms with Gasteiger partial charge < -0.3 is 5.32 Å². The van der Waals surface area contributed by atoms with E-state index in [1.807, 2.05) is 37.3 Å². The standard InChI is InChI=1S/C19H25ClN4O2S/c1-15-13-22-19(20)23-18(15)21-14-17-7-10-24(11-8-17)27(25,26)12-9-16-5-3-2-4-6-16/h2-6,13,17H,7-12,14H2,1H3,(H,21,22,23). The maximum Gasteiger partial charge on any atom is 0.224 e. The third-order valence-electron chi connectivity index (χ3n) is 4.96. The van der Waals surface area contributed by atoms with Crippen LogP contribution in [0.4, 0.5) is 5.82 Å². The van der Waals surface area contributed by atoms with E-state index in [-0.39, 0.29) is 11.0 Å². The molecule has 1 aromatic heterocycles. The van der Waals surface area contributed by atoms with Crippen LogP contribution in [0.1, 0.15) is 24.0 Å². The van der Waals surface area contributed by atoms with Gasteiger partial charge >= 0.3 is 0 Å². The number of hydrogen-bond acceptors (Lipinski definition) is 5. The van der Waals surface area contributed by atoms with Crippen molar-refractivity contribution in [2.75, 3.05) is 30.7 Å². The molecule has 0 amide bonds. The average Bonchev–Trinajstić information content (AvgIpc) is 2.68. The van der Waals surface area contributed by atoms with Crippen LogP contribution in [0.5, 0.6) is 0 Å². The number of sulfonamides is 1. The minimum absolute atomic E-state index is 0.165. The molecule has 146 valence electrons. The predicted octanol–water partition coefficient (Wildman–Crippen LogP) is 3.13. The molecule has 0 unspecified atom stereocenters. The molecule has 1 aliphatic heterocycles. The number of benzene rings is 1. The minimum Gasteiger partial charge on any atom is -0.369 e. The van der Waals surface area contributed by atoms with Crippen molar-refractivity contribution in [2.45, 2.75) is 26.2 Å². The fourth-order valence-corrected chi connectivity index (χ4v) is 4.90. The first kappa shape index (κ1) is 20.0. The second-order valence-electron chi connectivity index (χ2n) is 6.95. The van der Waals surface area contributed by atoms with Crippen molar-refractivity contribution in [3.8, 4) is 0 Å². The second-order valence-corrected chi connectivity index (χ2v) is 9.37. The van der Waals surface area contributed by atoms with E-state index >= 15 is 0 Å². The first-order chi connectivity index (χ1) is 12.9. The van der Waals surface area contributed by atoms with Crippen LogP contribution in [0.2, 0.25) is 5.28 Å². The zero-order valence-corrected chi connectivity index (χ0v) is 17.0. The van der Waals surface area contributed by atoms with Crippen molar-refractivity contribution >= 4 is 27.4 Å². The Kier molecular flexibility index (Phi) is 6.68. The Labute approximate surface area is 166 Å². The number of anilines is 1. The average molecular weight is 409 g/mol. The fraction of sp³-hybridized carbons (Fsp3) is 0.474. The van der Waals surface area contributed by atoms with Crippen LogP contribution in [0, 0.1) is 12.8 Å². The summed E-state index contributed by atoms with van der Waals surface area (Å²) < 4.78 is 26.8. The normalized spacial score (nSPS) is 16.4. The highest BCUT2D eigenvalue weighted by Crippen LogP contribution is 2.22. The van der Waals surface area contributed by atoms with Gasteiger partial charge in [-0.3, -0.25) is 0 Å². The quantitative estimate of drug-likeness (QED) is 0.712. The van der Waals surface area contributed by atoms with Gasteiger partial charge in [0.05, 0.1) is 5.75 Å². The van der Waals surface area contributed by atoms with Crippen molar-refractivity contribution in [3.63, 3.8) is 0 Å². The number of nitrogens with zero attached hydrogens (tertiary/aromatic N) is 3. The van der Waals surface area contributed by atoms with E-state index in [1.165, 1.54) is 0 Å². The van der Waals surface area contributed by atoms with Crippen LogP contribution in [0.25, 0.3) is 0 Å². The van der Waals surface area contributed by atoms with Gasteiger partial charge in [0.15, 0.2) is 0 Å². The van der Waals surface area contributed by atoms with Gasteiger partial charge in [0, 0.05) is 31.4 Å². The summed E-state index contributed by atoms with van der Waals surface area (Å²) in [5.41, 5.74) is 2.00. The van der Waals surface area contributed by atoms with E-state index in [0.717, 1.165) is 36.3 Å². The summed E-state index contributed by atoms with van der Waals surface area (Å²) in [5, 5.41) is 3.54. The highest BCUT2D eigenvalue weighted by atomic mass is 35.5. The van der Waals surface area contributed by atoms with E-state index in [4.69, 9.17) is 11.6 Å². The molecule has 1 fully saturated rings. The second kappa shape index (κ2) is 8.99. The summed E-state index contributed by atoms with van der Waals surface area (Å²) in [6, 6.07) is 9.75. The van der Waals surface area contributed by atoms with Gasteiger partial charge in [-0.25, -0.2) is 22.7 Å². The maximum absolute atomic E-state index is 12.6. The lowest BCUT2D eigenvalue weighted by atomic mass is 9.98. The van der Waals surface area contributed by atoms with Gasteiger partial charge in [0.25, 0.3) is 0 Å². The SMILES string of the molecule is Cc1cnc(Cl)nc1NCC1CCN(S(=O)(=O)CCc2ccccc2)CC1. The van der Waals surface area contributed by atoms with Crippen LogP contribution in [0.3, 0.4) is 0 Å². The summed E-state index contributed by atoms with van der Waals surface area (Å²) >= 11 is 5.85. The Morgan fingerprint density at radius 2 is 1.93 bits per heavy atom. The maximum atomic E-state index is 12.6. The Balaban J connectivity index is 1.47. The van der Waals surface area contributed by atoms with E-state index in [2.05, 4.69) is 15.3 Å². The van der Waals surface area contributed by atoms with Crippen molar-refractivity contribution in [1.29, 1.82) is 0 Å². The van der Waals surface area contributed by atoms with Crippen molar-refractivity contribution in [3.05, 3.63) is 52.9 Å². The molecule has 3 rings (SSSR count). The molecular weight excluding hydrogens is 384 g/mol. The number of rotatable bonds is 7. The largest absolute Gasteiger partial charge is 0.369 e. The molecule has 1 N–H and O–H groups in total. The molecule has 8 heteroatoms. The lowest BCUT2D eigenvalue weighted by Gasteiger charge is -2.31. The Morgan fingerprint density at radius 1 is 1.22 bits per heavy atom. The lowest BCUT2D eigenvalue weighted by Crippen LogP contribution is -2.41. The Hall–Kier alpha value is -1.70. The van der Waals surface area contributed by atoms with E-state index in [0.29, 0.717) is 25.4 Å². The van der Waals surface area contributed by atoms with Gasteiger partial charge in [-0.05, 0) is 49.3 Å². The zero-order chi connectivity index (χ0) is 19.3. The Morgan fingerprint density at radius 3 is 2.63 bits per heavy atom. The first-order valence-corrected chi connectivity index (χ1v) is 11.2. The van der Waals surface area contributed by atoms with Crippen LogP contribution in [-0.4, -0.2) is 48.1 Å². The first-order valence-electron chi connectivity index (χ1n) is 9.19. The molecule has 6 nitrogen and oxygen atoms in total. The number of aromatic nitrogens is 2. The van der Waals surface area contributed by atoms with Crippen molar-refractivity contribution < 1.29 is 8.42 Å². The molecule has 1 aliphatic rings. The van der Waals surface area contributed by atoms with Crippen LogP contribution >= 0.6 is 11.6 Å². The van der Waals surface area contributed by atoms with Gasteiger partial charge in [0.2, 0.25) is 15.3 Å². The number of aryl methyl sites for hydroxylation is 2. The smallest absolute Gasteiger partial charge is 0.224 e. The summed E-state index contributed by atoms with van der Waals surface area (Å²) in [7, 11) is -3.21. The molecule has 1 saturated heterocycles. The lowest BCUT2D eigenvalue weighted by molar-refractivity contribution is 0.282. The molecule has 0 atom stereocenters. The zero-order valence-electron chi connectivity index (χ0n) is 15.4. The third kappa shape index (κ3) is 5.64. The van der Waals surface area contributed by atoms with Gasteiger partial charge in [-0.2, -0.15) is 0 Å². The summed E-state index contributed by atoms with van der Waals surface area (Å²) in [6.45, 7) is 3.84. The van der Waals surface area contributed by atoms with Crippen molar-refractivity contribution in [2.24, 2.45) is 5.92 Å². The topological polar surface area (TPSA) is 75.2 Å². The summed E-state index contributed by atoms with van der Waals surface area (Å²) in [5.74, 6) is 1.32. The van der Waals surface area contributed by atoms with Crippen LogP contribution in [-0.2, 0) is 16.4 Å². The molecule has 27 heavy (non-hydrogen) atoms. The van der Waals surface area contributed by atoms with E-state index < -0.39 is 10.0 Å². The molecule has 0 spiro atoms. The van der Waals surface area contributed by atoms with Gasteiger partial charge in [-0.1, -0.05) is 30.3 Å². The number of halogens is 1. The van der Waals surface area contributed by atoms with Crippen molar-refractivity contribution in [1.82, 2.24) is 14.3 Å². The number of nitrogens with one attached hydrogen (secondary N) is 1. The molecule has 2 aromatic rings. The van der Waals surface area contributed by atoms with Crippen LogP contribution in [0.15, 0.2) is 36.5 Å². The number of hydrogen-bond donors (Lipinski definition) is 1. The van der Waals surface area contributed by atoms with E-state index in [9.17, 15) is 8.42 Å². The fourth-order valence-electron chi connectivity index (χ4n) is 3.25. The summed E-state index contributed by atoms with van der Waals surface area (Å²) in [6.07, 6.45) is 3.93. The Bertz CT molecular complexity index is 853. The molecule has 0 saturated carbocycles. The molecular formula is C19H25ClN4O2S. The minimum atomic E-state index is -3.21.